The van der Waals surface area contributed by atoms with E-state index in [2.05, 4.69) is 5.32 Å². The normalized spacial score (nSPS) is 22.2. The number of carboxylic acid groups (broad SMARTS) is 1. The standard InChI is InChI=1S/C18H26N2O3/c1-12-6-4-5-7-16(12)13(2)20(3)18(23)19-15-10-8-14(9-11-15)17(21)22/h4-7,13-15H,8-11H2,1-3H3,(H,19,23)(H,21,22). The van der Waals surface area contributed by atoms with Gasteiger partial charge in [0, 0.05) is 13.1 Å². The lowest BCUT2D eigenvalue weighted by Crippen LogP contribution is -2.45. The molecule has 0 bridgehead atoms. The first-order valence-electron chi connectivity index (χ1n) is 8.21. The van der Waals surface area contributed by atoms with E-state index in [-0.39, 0.29) is 24.0 Å². The highest BCUT2D eigenvalue weighted by molar-refractivity contribution is 5.75. The van der Waals surface area contributed by atoms with E-state index in [0.717, 1.165) is 18.4 Å². The third kappa shape index (κ3) is 4.24. The molecule has 1 saturated carbocycles. The molecule has 126 valence electrons. The molecule has 1 aromatic carbocycles. The van der Waals surface area contributed by atoms with Gasteiger partial charge in [0.25, 0.3) is 0 Å². The fourth-order valence-corrected chi connectivity index (χ4v) is 3.20. The van der Waals surface area contributed by atoms with Gasteiger partial charge in [-0.2, -0.15) is 0 Å². The summed E-state index contributed by atoms with van der Waals surface area (Å²) >= 11 is 0. The van der Waals surface area contributed by atoms with Crippen LogP contribution in [0, 0.1) is 12.8 Å². The predicted octanol–water partition coefficient (Wildman–Crippen LogP) is 3.34. The second kappa shape index (κ2) is 7.49. The first kappa shape index (κ1) is 17.3. The summed E-state index contributed by atoms with van der Waals surface area (Å²) in [4.78, 5) is 25.1. The van der Waals surface area contributed by atoms with Crippen LogP contribution in [-0.2, 0) is 4.79 Å². The molecular formula is C18H26N2O3. The number of nitrogens with one attached hydrogen (secondary N) is 1. The lowest BCUT2D eigenvalue weighted by Gasteiger charge is -2.31. The van der Waals surface area contributed by atoms with Gasteiger partial charge in [-0.15, -0.1) is 0 Å². The van der Waals surface area contributed by atoms with Gasteiger partial charge in [-0.05, 0) is 50.7 Å². The Morgan fingerprint density at radius 1 is 1.22 bits per heavy atom. The Hall–Kier alpha value is -2.04. The number of rotatable bonds is 4. The minimum atomic E-state index is -0.722. The molecule has 1 aliphatic rings. The van der Waals surface area contributed by atoms with Crippen molar-refractivity contribution in [2.75, 3.05) is 7.05 Å². The van der Waals surface area contributed by atoms with Crippen LogP contribution in [0.1, 0.15) is 49.8 Å². The van der Waals surface area contributed by atoms with Crippen molar-refractivity contribution in [3.05, 3.63) is 35.4 Å². The summed E-state index contributed by atoms with van der Waals surface area (Å²) in [7, 11) is 1.80. The van der Waals surface area contributed by atoms with Crippen LogP contribution in [-0.4, -0.2) is 35.1 Å². The molecule has 1 aromatic rings. The number of urea groups is 1. The number of hydrogen-bond donors (Lipinski definition) is 2. The maximum absolute atomic E-state index is 12.5. The first-order chi connectivity index (χ1) is 10.9. The quantitative estimate of drug-likeness (QED) is 0.894. The van der Waals surface area contributed by atoms with Gasteiger partial charge in [0.15, 0.2) is 0 Å². The van der Waals surface area contributed by atoms with E-state index >= 15 is 0 Å². The minimum absolute atomic E-state index is 0.00782. The molecule has 2 amide bonds. The van der Waals surface area contributed by atoms with Crippen molar-refractivity contribution < 1.29 is 14.7 Å². The number of aryl methyl sites for hydroxylation is 1. The van der Waals surface area contributed by atoms with E-state index < -0.39 is 5.97 Å². The first-order valence-corrected chi connectivity index (χ1v) is 8.21. The van der Waals surface area contributed by atoms with Gasteiger partial charge in [0.2, 0.25) is 0 Å². The number of carboxylic acids is 1. The molecular weight excluding hydrogens is 292 g/mol. The van der Waals surface area contributed by atoms with Crippen molar-refractivity contribution in [1.29, 1.82) is 0 Å². The molecule has 2 N–H and O–H groups in total. The summed E-state index contributed by atoms with van der Waals surface area (Å²) in [6, 6.07) is 8.03. The van der Waals surface area contributed by atoms with Gasteiger partial charge in [0.1, 0.15) is 0 Å². The van der Waals surface area contributed by atoms with Crippen molar-refractivity contribution >= 4 is 12.0 Å². The maximum atomic E-state index is 12.5. The predicted molar refractivity (Wildman–Crippen MR) is 89.3 cm³/mol. The highest BCUT2D eigenvalue weighted by atomic mass is 16.4. The molecule has 0 spiro atoms. The van der Waals surface area contributed by atoms with Crippen LogP contribution in [0.5, 0.6) is 0 Å². The number of benzene rings is 1. The molecule has 1 unspecified atom stereocenters. The van der Waals surface area contributed by atoms with Crippen molar-refractivity contribution in [2.24, 2.45) is 5.92 Å². The number of nitrogens with zero attached hydrogens (tertiary/aromatic N) is 1. The van der Waals surface area contributed by atoms with E-state index in [0.29, 0.717) is 12.8 Å². The highest BCUT2D eigenvalue weighted by Crippen LogP contribution is 2.26. The monoisotopic (exact) mass is 318 g/mol. The number of amides is 2. The van der Waals surface area contributed by atoms with Crippen molar-refractivity contribution in [1.82, 2.24) is 10.2 Å². The van der Waals surface area contributed by atoms with Gasteiger partial charge in [-0.3, -0.25) is 4.79 Å². The molecule has 5 heteroatoms. The zero-order chi connectivity index (χ0) is 17.0. The number of aliphatic carboxylic acids is 1. The van der Waals surface area contributed by atoms with E-state index in [1.807, 2.05) is 38.1 Å². The molecule has 0 aromatic heterocycles. The Morgan fingerprint density at radius 2 is 1.83 bits per heavy atom. The number of carbonyl (C=O) groups excluding carboxylic acids is 1. The lowest BCUT2D eigenvalue weighted by atomic mass is 9.86. The molecule has 0 aliphatic heterocycles. The van der Waals surface area contributed by atoms with E-state index in [1.54, 1.807) is 11.9 Å². The zero-order valence-corrected chi connectivity index (χ0v) is 14.1. The second-order valence-corrected chi connectivity index (χ2v) is 6.48. The van der Waals surface area contributed by atoms with E-state index in [9.17, 15) is 9.59 Å². The second-order valence-electron chi connectivity index (χ2n) is 6.48. The molecule has 1 aliphatic carbocycles. The fraction of sp³-hybridized carbons (Fsp3) is 0.556. The van der Waals surface area contributed by atoms with Crippen molar-refractivity contribution in [3.63, 3.8) is 0 Å². The van der Waals surface area contributed by atoms with Crippen LogP contribution >= 0.6 is 0 Å². The Kier molecular flexibility index (Phi) is 5.64. The summed E-state index contributed by atoms with van der Waals surface area (Å²) in [5.41, 5.74) is 2.31. The summed E-state index contributed by atoms with van der Waals surface area (Å²) in [6.07, 6.45) is 2.74. The summed E-state index contributed by atoms with van der Waals surface area (Å²) < 4.78 is 0. The van der Waals surface area contributed by atoms with Gasteiger partial charge in [-0.1, -0.05) is 24.3 Å². The molecule has 2 rings (SSSR count). The molecule has 0 radical (unpaired) electrons. The van der Waals surface area contributed by atoms with Crippen LogP contribution in [0.2, 0.25) is 0 Å². The maximum Gasteiger partial charge on any atom is 0.317 e. The SMILES string of the molecule is Cc1ccccc1C(C)N(C)C(=O)NC1CCC(C(=O)O)CC1. The van der Waals surface area contributed by atoms with Crippen LogP contribution in [0.3, 0.4) is 0 Å². The summed E-state index contributed by atoms with van der Waals surface area (Å²) in [6.45, 7) is 4.06. The van der Waals surface area contributed by atoms with Gasteiger partial charge < -0.3 is 15.3 Å². The number of carbonyl (C=O) groups is 2. The van der Waals surface area contributed by atoms with Crippen LogP contribution < -0.4 is 5.32 Å². The Balaban J connectivity index is 1.91. The average molecular weight is 318 g/mol. The molecule has 1 atom stereocenters. The smallest absolute Gasteiger partial charge is 0.317 e. The zero-order valence-electron chi connectivity index (χ0n) is 14.1. The molecule has 0 saturated heterocycles. The van der Waals surface area contributed by atoms with Gasteiger partial charge in [0.05, 0.1) is 12.0 Å². The Morgan fingerprint density at radius 3 is 2.39 bits per heavy atom. The van der Waals surface area contributed by atoms with E-state index in [4.69, 9.17) is 5.11 Å². The number of hydrogen-bond acceptors (Lipinski definition) is 2. The summed E-state index contributed by atoms with van der Waals surface area (Å²) in [5, 5.41) is 12.1. The average Bonchev–Trinajstić information content (AvgIpc) is 2.54. The highest BCUT2D eigenvalue weighted by Gasteiger charge is 2.28. The van der Waals surface area contributed by atoms with Crippen LogP contribution in [0.15, 0.2) is 24.3 Å². The van der Waals surface area contributed by atoms with Gasteiger partial charge >= 0.3 is 12.0 Å². The summed E-state index contributed by atoms with van der Waals surface area (Å²) in [5.74, 6) is -0.980. The molecule has 23 heavy (non-hydrogen) atoms. The van der Waals surface area contributed by atoms with Crippen molar-refractivity contribution in [2.45, 2.75) is 51.6 Å². The van der Waals surface area contributed by atoms with Crippen LogP contribution in [0.25, 0.3) is 0 Å². The fourth-order valence-electron chi connectivity index (χ4n) is 3.20. The minimum Gasteiger partial charge on any atom is -0.481 e. The van der Waals surface area contributed by atoms with Gasteiger partial charge in [-0.25, -0.2) is 4.79 Å². The van der Waals surface area contributed by atoms with Crippen molar-refractivity contribution in [3.8, 4) is 0 Å². The molecule has 5 nitrogen and oxygen atoms in total. The molecule has 0 heterocycles. The Labute approximate surface area is 137 Å². The third-order valence-electron chi connectivity index (χ3n) is 4.94. The Bertz CT molecular complexity index is 565. The lowest BCUT2D eigenvalue weighted by molar-refractivity contribution is -0.142. The van der Waals surface area contributed by atoms with E-state index in [1.165, 1.54) is 5.56 Å². The largest absolute Gasteiger partial charge is 0.481 e. The topological polar surface area (TPSA) is 69.6 Å². The molecule has 1 fully saturated rings. The van der Waals surface area contributed by atoms with Crippen LogP contribution in [0.4, 0.5) is 4.79 Å². The third-order valence-corrected chi connectivity index (χ3v) is 4.94.